The van der Waals surface area contributed by atoms with Crippen molar-refractivity contribution in [3.8, 4) is 11.1 Å². The van der Waals surface area contributed by atoms with Crippen molar-refractivity contribution in [2.75, 3.05) is 13.1 Å². The van der Waals surface area contributed by atoms with Crippen LogP contribution in [0.25, 0.3) is 22.2 Å². The first-order valence-corrected chi connectivity index (χ1v) is 11.8. The number of aliphatic hydroxyl groups is 1. The molecule has 2 aliphatic rings. The number of alkyl halides is 6. The molecule has 6 nitrogen and oxygen atoms in total. The lowest BCUT2D eigenvalue weighted by Crippen LogP contribution is -2.66. The fourth-order valence-electron chi connectivity index (χ4n) is 5.22. The largest absolute Gasteiger partial charge is 0.435 e. The second-order valence-electron chi connectivity index (χ2n) is 9.63. The van der Waals surface area contributed by atoms with Crippen LogP contribution in [0.4, 0.5) is 26.3 Å². The van der Waals surface area contributed by atoms with Gasteiger partial charge in [0.15, 0.2) is 0 Å². The average Bonchev–Trinajstić information content (AvgIpc) is 3.51. The Morgan fingerprint density at radius 2 is 1.84 bits per heavy atom. The highest BCUT2D eigenvalue weighted by molar-refractivity contribution is 5.88. The number of nitrogens with one attached hydrogen (secondary N) is 2. The van der Waals surface area contributed by atoms with E-state index in [0.29, 0.717) is 17.0 Å². The number of hydrogen-bond acceptors (Lipinski definition) is 4. The van der Waals surface area contributed by atoms with Crippen molar-refractivity contribution >= 4 is 16.9 Å². The minimum Gasteiger partial charge on any atom is -0.366 e. The van der Waals surface area contributed by atoms with E-state index < -0.39 is 37.0 Å². The number of nitrogens with zero attached hydrogens (tertiary/aromatic N) is 2. The second kappa shape index (κ2) is 8.73. The third kappa shape index (κ3) is 4.15. The maximum Gasteiger partial charge on any atom is 0.435 e. The molecule has 1 amide bonds. The highest BCUT2D eigenvalue weighted by Crippen LogP contribution is 2.45. The maximum atomic E-state index is 13.3. The zero-order valence-electron chi connectivity index (χ0n) is 19.7. The van der Waals surface area contributed by atoms with Crippen LogP contribution >= 0.6 is 0 Å². The SMILES string of the molecule is Cc1c[nH]c2ncc(-c3cc4c(c([C@@H]5CCCN5)c3)CN(C(=O)C(O)(C(F)(F)F)C(F)(F)F)CC4)cc12. The van der Waals surface area contributed by atoms with Gasteiger partial charge in [-0.05, 0) is 72.7 Å². The molecule has 1 atom stereocenters. The van der Waals surface area contributed by atoms with E-state index in [9.17, 15) is 36.2 Å². The van der Waals surface area contributed by atoms with E-state index in [0.717, 1.165) is 51.7 Å². The fourth-order valence-corrected chi connectivity index (χ4v) is 5.22. The van der Waals surface area contributed by atoms with Crippen molar-refractivity contribution in [3.05, 3.63) is 52.8 Å². The lowest BCUT2D eigenvalue weighted by atomic mass is 9.86. The molecule has 12 heteroatoms. The normalized spacial score (nSPS) is 18.9. The summed E-state index contributed by atoms with van der Waals surface area (Å²) in [6.45, 7) is 1.80. The molecule has 0 bridgehead atoms. The van der Waals surface area contributed by atoms with Gasteiger partial charge in [-0.25, -0.2) is 4.98 Å². The predicted molar refractivity (Wildman–Crippen MR) is 122 cm³/mol. The number of hydrogen-bond donors (Lipinski definition) is 3. The standard InChI is InChI=1S/C25H24F6N4O2/c1-13-10-33-21-17(13)9-16(11-34-21)15-7-14-4-6-35(12-19(14)18(8-15)20-3-2-5-32-20)22(36)23(37,24(26,27)28)25(29,30)31/h7-11,20,32,37H,2-6,12H2,1H3,(H,33,34)/t20-/m0/s1. The molecule has 2 aromatic heterocycles. The van der Waals surface area contributed by atoms with Gasteiger partial charge in [0, 0.05) is 42.5 Å². The molecule has 1 saturated heterocycles. The Bertz CT molecular complexity index is 1340. The summed E-state index contributed by atoms with van der Waals surface area (Å²) in [5.41, 5.74) is -0.142. The van der Waals surface area contributed by atoms with E-state index in [1.54, 1.807) is 6.20 Å². The Balaban J connectivity index is 1.56. The van der Waals surface area contributed by atoms with Crippen molar-refractivity contribution in [2.45, 2.75) is 56.7 Å². The molecule has 5 rings (SSSR count). The summed E-state index contributed by atoms with van der Waals surface area (Å²) in [6.07, 6.45) is -7.26. The van der Waals surface area contributed by atoms with Gasteiger partial charge in [0.05, 0.1) is 0 Å². The van der Waals surface area contributed by atoms with Crippen LogP contribution in [0.15, 0.2) is 30.6 Å². The summed E-state index contributed by atoms with van der Waals surface area (Å²) in [4.78, 5) is 20.6. The van der Waals surface area contributed by atoms with Gasteiger partial charge in [-0.3, -0.25) is 4.79 Å². The number of H-pyrrole nitrogens is 1. The number of amides is 1. The van der Waals surface area contributed by atoms with E-state index in [2.05, 4.69) is 15.3 Å². The molecule has 37 heavy (non-hydrogen) atoms. The summed E-state index contributed by atoms with van der Waals surface area (Å²) in [5, 5.41) is 13.9. The third-order valence-electron chi connectivity index (χ3n) is 7.30. The first-order chi connectivity index (χ1) is 17.3. The third-order valence-corrected chi connectivity index (χ3v) is 7.30. The first kappa shape index (κ1) is 25.5. The monoisotopic (exact) mass is 526 g/mol. The van der Waals surface area contributed by atoms with Gasteiger partial charge in [-0.1, -0.05) is 6.07 Å². The number of aromatic nitrogens is 2. The van der Waals surface area contributed by atoms with E-state index in [1.807, 2.05) is 31.3 Å². The Morgan fingerprint density at radius 3 is 2.49 bits per heavy atom. The number of halogens is 6. The molecule has 198 valence electrons. The first-order valence-electron chi connectivity index (χ1n) is 11.8. The lowest BCUT2D eigenvalue weighted by Gasteiger charge is -2.38. The number of pyridine rings is 1. The molecular weight excluding hydrogens is 502 g/mol. The van der Waals surface area contributed by atoms with Crippen molar-refractivity contribution in [1.82, 2.24) is 20.2 Å². The molecule has 3 N–H and O–H groups in total. The summed E-state index contributed by atoms with van der Waals surface area (Å²) in [5.74, 6) is -2.41. The Hall–Kier alpha value is -3.12. The van der Waals surface area contributed by atoms with E-state index in [-0.39, 0.29) is 12.5 Å². The number of rotatable bonds is 3. The summed E-state index contributed by atoms with van der Waals surface area (Å²) in [6, 6.07) is 5.52. The number of carbonyl (C=O) groups excluding carboxylic acids is 1. The van der Waals surface area contributed by atoms with Gasteiger partial charge in [-0.15, -0.1) is 0 Å². The van der Waals surface area contributed by atoms with Gasteiger partial charge >= 0.3 is 18.0 Å². The molecule has 1 aromatic carbocycles. The molecule has 4 heterocycles. The quantitative estimate of drug-likeness (QED) is 0.432. The van der Waals surface area contributed by atoms with Crippen LogP contribution in [0, 0.1) is 6.92 Å². The summed E-state index contributed by atoms with van der Waals surface area (Å²) >= 11 is 0. The van der Waals surface area contributed by atoms with Gasteiger partial charge in [0.25, 0.3) is 5.91 Å². The Labute approximate surface area is 207 Å². The van der Waals surface area contributed by atoms with Gasteiger partial charge in [0.1, 0.15) is 5.65 Å². The number of aryl methyl sites for hydroxylation is 1. The van der Waals surface area contributed by atoms with Crippen LogP contribution in [0.3, 0.4) is 0 Å². The minimum absolute atomic E-state index is 0.0410. The minimum atomic E-state index is -6.22. The zero-order chi connectivity index (χ0) is 26.8. The Kier molecular flexibility index (Phi) is 6.02. The van der Waals surface area contributed by atoms with Crippen LogP contribution in [0.5, 0.6) is 0 Å². The topological polar surface area (TPSA) is 81.2 Å². The number of fused-ring (bicyclic) bond motifs is 2. The smallest absolute Gasteiger partial charge is 0.366 e. The van der Waals surface area contributed by atoms with Crippen molar-refractivity contribution in [1.29, 1.82) is 0 Å². The van der Waals surface area contributed by atoms with Crippen molar-refractivity contribution in [3.63, 3.8) is 0 Å². The molecule has 0 saturated carbocycles. The van der Waals surface area contributed by atoms with E-state index in [4.69, 9.17) is 0 Å². The molecular formula is C25H24F6N4O2. The van der Waals surface area contributed by atoms with E-state index >= 15 is 0 Å². The van der Waals surface area contributed by atoms with Gasteiger partial charge in [-0.2, -0.15) is 26.3 Å². The fraction of sp³-hybridized carbons (Fsp3) is 0.440. The molecule has 0 unspecified atom stereocenters. The average molecular weight is 526 g/mol. The van der Waals surface area contributed by atoms with Crippen molar-refractivity contribution < 1.29 is 36.2 Å². The molecule has 0 radical (unpaired) electrons. The molecule has 0 aliphatic carbocycles. The highest BCUT2D eigenvalue weighted by atomic mass is 19.4. The molecule has 2 aliphatic heterocycles. The van der Waals surface area contributed by atoms with Crippen LogP contribution in [0.1, 0.15) is 41.1 Å². The van der Waals surface area contributed by atoms with Crippen LogP contribution < -0.4 is 5.32 Å². The maximum absolute atomic E-state index is 13.3. The summed E-state index contributed by atoms with van der Waals surface area (Å²) in [7, 11) is 0. The van der Waals surface area contributed by atoms with Crippen molar-refractivity contribution in [2.24, 2.45) is 0 Å². The molecule has 3 aromatic rings. The molecule has 1 fully saturated rings. The number of aromatic amines is 1. The van der Waals surface area contributed by atoms with Crippen LogP contribution in [-0.2, 0) is 17.8 Å². The van der Waals surface area contributed by atoms with Gasteiger partial charge in [0.2, 0.25) is 0 Å². The predicted octanol–water partition coefficient (Wildman–Crippen LogP) is 4.70. The number of benzene rings is 1. The van der Waals surface area contributed by atoms with Gasteiger partial charge < -0.3 is 20.3 Å². The van der Waals surface area contributed by atoms with Crippen LogP contribution in [-0.4, -0.2) is 56.9 Å². The number of carbonyl (C=O) groups is 1. The second-order valence-corrected chi connectivity index (χ2v) is 9.63. The molecule has 0 spiro atoms. The highest BCUT2D eigenvalue weighted by Gasteiger charge is 2.76. The Morgan fingerprint density at radius 1 is 1.11 bits per heavy atom. The summed E-state index contributed by atoms with van der Waals surface area (Å²) < 4.78 is 80.1. The van der Waals surface area contributed by atoms with Crippen LogP contribution in [0.2, 0.25) is 0 Å². The lowest BCUT2D eigenvalue weighted by molar-refractivity contribution is -0.353. The zero-order valence-corrected chi connectivity index (χ0v) is 19.7. The van der Waals surface area contributed by atoms with E-state index in [1.165, 1.54) is 0 Å².